The summed E-state index contributed by atoms with van der Waals surface area (Å²) in [6, 6.07) is 9.00. The topological polar surface area (TPSA) is 18.5 Å². The Labute approximate surface area is 131 Å². The van der Waals surface area contributed by atoms with E-state index in [9.17, 15) is 0 Å². The normalized spacial score (nSPS) is 11.5. The molecule has 0 spiro atoms. The van der Waals surface area contributed by atoms with Gasteiger partial charge in [-0.15, -0.1) is 0 Å². The maximum Gasteiger partial charge on any atom is 0.0233 e. The van der Waals surface area contributed by atoms with Crippen LogP contribution in [0.5, 0.6) is 0 Å². The predicted octanol–water partition coefficient (Wildman–Crippen LogP) is 2.96. The molecule has 0 amide bonds. The Balaban J connectivity index is 2.45. The molecule has 1 aromatic carbocycles. The lowest BCUT2D eigenvalue weighted by Crippen LogP contribution is -2.27. The fraction of sp³-hybridized carbons (Fsp3) is 0.667. The molecular formula is C18H33N3. The number of hydrogen-bond donors (Lipinski definition) is 1. The molecule has 0 unspecified atom stereocenters. The molecule has 1 aromatic rings. The highest BCUT2D eigenvalue weighted by Crippen LogP contribution is 2.09. The quantitative estimate of drug-likeness (QED) is 0.632. The molecule has 1 rings (SSSR count). The van der Waals surface area contributed by atoms with Crippen molar-refractivity contribution in [2.75, 3.05) is 40.3 Å². The van der Waals surface area contributed by atoms with E-state index in [0.717, 1.165) is 32.7 Å². The van der Waals surface area contributed by atoms with E-state index in [1.807, 2.05) is 0 Å². The highest BCUT2D eigenvalue weighted by atomic mass is 15.1. The van der Waals surface area contributed by atoms with E-state index in [0.29, 0.717) is 0 Å². The highest BCUT2D eigenvalue weighted by Gasteiger charge is 2.04. The zero-order chi connectivity index (χ0) is 15.5. The first-order valence-corrected chi connectivity index (χ1v) is 8.31. The smallest absolute Gasteiger partial charge is 0.0233 e. The Bertz CT molecular complexity index is 376. The van der Waals surface area contributed by atoms with Crippen LogP contribution < -0.4 is 5.32 Å². The predicted molar refractivity (Wildman–Crippen MR) is 92.6 cm³/mol. The van der Waals surface area contributed by atoms with E-state index in [-0.39, 0.29) is 0 Å². The summed E-state index contributed by atoms with van der Waals surface area (Å²) in [4.78, 5) is 4.79. The van der Waals surface area contributed by atoms with Crippen LogP contribution in [0.2, 0.25) is 0 Å². The monoisotopic (exact) mass is 291 g/mol. The van der Waals surface area contributed by atoms with E-state index in [1.165, 1.54) is 30.5 Å². The second-order valence-corrected chi connectivity index (χ2v) is 6.02. The first kappa shape index (κ1) is 18.1. The Morgan fingerprint density at radius 2 is 1.81 bits per heavy atom. The lowest BCUT2D eigenvalue weighted by molar-refractivity contribution is 0.259. The minimum atomic E-state index is 0.981. The summed E-state index contributed by atoms with van der Waals surface area (Å²) >= 11 is 0. The fourth-order valence-electron chi connectivity index (χ4n) is 2.47. The molecule has 3 heteroatoms. The molecule has 0 aromatic heterocycles. The molecule has 0 aliphatic rings. The third kappa shape index (κ3) is 8.20. The van der Waals surface area contributed by atoms with Crippen molar-refractivity contribution in [2.45, 2.75) is 39.8 Å². The van der Waals surface area contributed by atoms with Gasteiger partial charge in [0.25, 0.3) is 0 Å². The molecule has 0 heterocycles. The molecule has 0 aliphatic heterocycles. The van der Waals surface area contributed by atoms with Gasteiger partial charge in [-0.1, -0.05) is 38.1 Å². The standard InChI is InChI=1S/C18H33N3/c1-5-11-19-15-17-9-7-10-18(14-17)16-21(6-2)13-8-12-20(3)4/h7,9-10,14,19H,5-6,8,11-13,15-16H2,1-4H3. The molecule has 1 N–H and O–H groups in total. The molecule has 0 aliphatic carbocycles. The molecule has 0 bridgehead atoms. The van der Waals surface area contributed by atoms with Gasteiger partial charge in [-0.25, -0.2) is 0 Å². The van der Waals surface area contributed by atoms with Crippen molar-refractivity contribution in [1.82, 2.24) is 15.1 Å². The van der Waals surface area contributed by atoms with Gasteiger partial charge >= 0.3 is 0 Å². The molecule has 120 valence electrons. The summed E-state index contributed by atoms with van der Waals surface area (Å²) in [7, 11) is 4.28. The van der Waals surface area contributed by atoms with Crippen LogP contribution in [-0.4, -0.2) is 50.1 Å². The number of benzene rings is 1. The van der Waals surface area contributed by atoms with Gasteiger partial charge in [0.15, 0.2) is 0 Å². The fourth-order valence-corrected chi connectivity index (χ4v) is 2.47. The summed E-state index contributed by atoms with van der Waals surface area (Å²) in [5, 5.41) is 3.47. The summed E-state index contributed by atoms with van der Waals surface area (Å²) in [6.07, 6.45) is 2.42. The molecule has 0 saturated heterocycles. The van der Waals surface area contributed by atoms with Crippen molar-refractivity contribution >= 4 is 0 Å². The van der Waals surface area contributed by atoms with Gasteiger partial charge in [-0.2, -0.15) is 0 Å². The minimum absolute atomic E-state index is 0.981. The Kier molecular flexibility index (Phi) is 9.31. The zero-order valence-corrected chi connectivity index (χ0v) is 14.4. The van der Waals surface area contributed by atoms with Crippen LogP contribution in [0.15, 0.2) is 24.3 Å². The van der Waals surface area contributed by atoms with Gasteiger partial charge in [0, 0.05) is 13.1 Å². The molecule has 0 radical (unpaired) electrons. The van der Waals surface area contributed by atoms with Crippen LogP contribution >= 0.6 is 0 Å². The highest BCUT2D eigenvalue weighted by molar-refractivity contribution is 5.23. The lowest BCUT2D eigenvalue weighted by Gasteiger charge is -2.21. The van der Waals surface area contributed by atoms with E-state index in [1.54, 1.807) is 0 Å². The minimum Gasteiger partial charge on any atom is -0.313 e. The van der Waals surface area contributed by atoms with Gasteiger partial charge in [0.05, 0.1) is 0 Å². The SMILES string of the molecule is CCCNCc1cccc(CN(CC)CCCN(C)C)c1. The molecule has 21 heavy (non-hydrogen) atoms. The van der Waals surface area contributed by atoms with Crippen molar-refractivity contribution in [3.63, 3.8) is 0 Å². The van der Waals surface area contributed by atoms with E-state index >= 15 is 0 Å². The van der Waals surface area contributed by atoms with Crippen molar-refractivity contribution in [1.29, 1.82) is 0 Å². The molecule has 3 nitrogen and oxygen atoms in total. The number of hydrogen-bond acceptors (Lipinski definition) is 3. The second kappa shape index (κ2) is 10.8. The molecular weight excluding hydrogens is 258 g/mol. The molecule has 0 saturated carbocycles. The van der Waals surface area contributed by atoms with E-state index in [4.69, 9.17) is 0 Å². The zero-order valence-electron chi connectivity index (χ0n) is 14.4. The number of nitrogens with one attached hydrogen (secondary N) is 1. The molecule has 0 atom stereocenters. The average molecular weight is 291 g/mol. The van der Waals surface area contributed by atoms with Crippen LogP contribution in [0, 0.1) is 0 Å². The van der Waals surface area contributed by atoms with E-state index in [2.05, 4.69) is 67.3 Å². The van der Waals surface area contributed by atoms with Crippen molar-refractivity contribution in [2.24, 2.45) is 0 Å². The largest absolute Gasteiger partial charge is 0.313 e. The van der Waals surface area contributed by atoms with Gasteiger partial charge in [0.2, 0.25) is 0 Å². The molecule has 0 fully saturated rings. The maximum atomic E-state index is 3.47. The van der Waals surface area contributed by atoms with Crippen LogP contribution in [-0.2, 0) is 13.1 Å². The van der Waals surface area contributed by atoms with Crippen LogP contribution in [0.25, 0.3) is 0 Å². The van der Waals surface area contributed by atoms with E-state index < -0.39 is 0 Å². The third-order valence-electron chi connectivity index (χ3n) is 3.68. The first-order chi connectivity index (χ1) is 10.2. The van der Waals surface area contributed by atoms with Crippen LogP contribution in [0.1, 0.15) is 37.8 Å². The summed E-state index contributed by atoms with van der Waals surface area (Å²) in [5.74, 6) is 0. The first-order valence-electron chi connectivity index (χ1n) is 8.31. The Morgan fingerprint density at radius 1 is 1.05 bits per heavy atom. The number of rotatable bonds is 11. The Hall–Kier alpha value is -0.900. The maximum absolute atomic E-state index is 3.47. The van der Waals surface area contributed by atoms with Crippen LogP contribution in [0.4, 0.5) is 0 Å². The van der Waals surface area contributed by atoms with Gasteiger partial charge in [-0.05, 0) is 64.2 Å². The Morgan fingerprint density at radius 3 is 2.48 bits per heavy atom. The van der Waals surface area contributed by atoms with Crippen molar-refractivity contribution in [3.8, 4) is 0 Å². The second-order valence-electron chi connectivity index (χ2n) is 6.02. The average Bonchev–Trinajstić information content (AvgIpc) is 2.46. The van der Waals surface area contributed by atoms with Crippen LogP contribution in [0.3, 0.4) is 0 Å². The summed E-state index contributed by atoms with van der Waals surface area (Å²) in [6.45, 7) is 11.0. The van der Waals surface area contributed by atoms with Crippen molar-refractivity contribution in [3.05, 3.63) is 35.4 Å². The lowest BCUT2D eigenvalue weighted by atomic mass is 10.1. The summed E-state index contributed by atoms with van der Waals surface area (Å²) in [5.41, 5.74) is 2.82. The third-order valence-corrected chi connectivity index (χ3v) is 3.68. The summed E-state index contributed by atoms with van der Waals surface area (Å²) < 4.78 is 0. The van der Waals surface area contributed by atoms with Gasteiger partial charge < -0.3 is 10.2 Å². The van der Waals surface area contributed by atoms with Crippen molar-refractivity contribution < 1.29 is 0 Å². The van der Waals surface area contributed by atoms with Gasteiger partial charge in [0.1, 0.15) is 0 Å². The van der Waals surface area contributed by atoms with Gasteiger partial charge in [-0.3, -0.25) is 4.90 Å². The number of nitrogens with zero attached hydrogens (tertiary/aromatic N) is 2.